The summed E-state index contributed by atoms with van der Waals surface area (Å²) >= 11 is 6.18. The van der Waals surface area contributed by atoms with Crippen LogP contribution in [0.15, 0.2) is 18.5 Å². The van der Waals surface area contributed by atoms with Crippen LogP contribution in [0.5, 0.6) is 5.75 Å². The number of aromatic nitrogens is 1. The fraction of sp³-hybridized carbons (Fsp3) is 0.647. The molecule has 1 aromatic heterocycles. The third kappa shape index (κ3) is 4.18. The predicted molar refractivity (Wildman–Crippen MR) is 100 cm³/mol. The van der Waals surface area contributed by atoms with Gasteiger partial charge < -0.3 is 20.5 Å². The Morgan fingerprint density at radius 3 is 3.22 bits per heavy atom. The van der Waals surface area contributed by atoms with Gasteiger partial charge in [-0.1, -0.05) is 0 Å². The fourth-order valence-electron chi connectivity index (χ4n) is 3.76. The van der Waals surface area contributed by atoms with Gasteiger partial charge in [-0.3, -0.25) is 15.1 Å². The number of fused-ring (bicyclic) bond motifs is 1. The number of hydrogen-bond donors (Lipinski definition) is 4. The highest BCUT2D eigenvalue weighted by atomic mass is 35.5. The van der Waals surface area contributed by atoms with Gasteiger partial charge >= 0.3 is 0 Å². The molecular formula is C17H25ClN6O3. The van der Waals surface area contributed by atoms with E-state index < -0.39 is 12.1 Å². The Bertz CT molecular complexity index is 674. The second kappa shape index (κ2) is 8.26. The maximum Gasteiger partial charge on any atom is 0.233 e. The van der Waals surface area contributed by atoms with E-state index in [9.17, 15) is 4.79 Å². The summed E-state index contributed by atoms with van der Waals surface area (Å²) in [6.45, 7) is 2.57. The largest absolute Gasteiger partial charge is 0.486 e. The van der Waals surface area contributed by atoms with Crippen LogP contribution in [0, 0.1) is 5.92 Å². The molecule has 148 valence electrons. The lowest BCUT2D eigenvalue weighted by molar-refractivity contribution is -0.121. The Hall–Kier alpha value is -1.49. The van der Waals surface area contributed by atoms with Gasteiger partial charge in [-0.15, -0.1) is 11.6 Å². The molecule has 3 saturated heterocycles. The van der Waals surface area contributed by atoms with E-state index in [0.717, 1.165) is 19.4 Å². The molecule has 0 bridgehead atoms. The van der Waals surface area contributed by atoms with Gasteiger partial charge in [0.25, 0.3) is 0 Å². The highest BCUT2D eigenvalue weighted by Gasteiger charge is 2.46. The average Bonchev–Trinajstić information content (AvgIpc) is 2.99. The molecule has 9 nitrogen and oxygen atoms in total. The second-order valence-electron chi connectivity index (χ2n) is 7.10. The SMILES string of the molecule is NC1NN2CC(Cl)CNC2C1C(=O)Nc1cnccc1OC1CCCOC1. The van der Waals surface area contributed by atoms with Crippen molar-refractivity contribution in [1.29, 1.82) is 0 Å². The molecule has 5 atom stereocenters. The molecule has 5 N–H and O–H groups in total. The number of anilines is 1. The van der Waals surface area contributed by atoms with E-state index in [1.165, 1.54) is 0 Å². The highest BCUT2D eigenvalue weighted by Crippen LogP contribution is 2.28. The number of halogens is 1. The maximum atomic E-state index is 13.0. The number of carbonyl (C=O) groups is 1. The van der Waals surface area contributed by atoms with Crippen molar-refractivity contribution in [3.8, 4) is 5.75 Å². The Morgan fingerprint density at radius 1 is 1.52 bits per heavy atom. The number of nitrogens with two attached hydrogens (primary N) is 1. The van der Waals surface area contributed by atoms with E-state index in [2.05, 4.69) is 21.0 Å². The standard InChI is InChI=1S/C17H25ClN6O3/c18-10-6-21-16-14(15(19)23-24(16)8-10)17(25)22-12-7-20-4-3-13(12)27-11-2-1-5-26-9-11/h3-4,7,10-11,14-16,21,23H,1-2,5-6,8-9,19H2,(H,22,25). The average molecular weight is 397 g/mol. The molecule has 0 saturated carbocycles. The number of carbonyl (C=O) groups excluding carboxylic acids is 1. The lowest BCUT2D eigenvalue weighted by Crippen LogP contribution is -2.58. The summed E-state index contributed by atoms with van der Waals surface area (Å²) in [5.74, 6) is -0.0799. The number of nitrogens with zero attached hydrogens (tertiary/aromatic N) is 2. The van der Waals surface area contributed by atoms with Crippen LogP contribution >= 0.6 is 11.6 Å². The molecule has 3 aliphatic heterocycles. The summed E-state index contributed by atoms with van der Waals surface area (Å²) in [6, 6.07) is 1.75. The van der Waals surface area contributed by atoms with Crippen molar-refractivity contribution in [2.75, 3.05) is 31.6 Å². The number of ether oxygens (including phenoxy) is 2. The van der Waals surface area contributed by atoms with Crippen molar-refractivity contribution >= 4 is 23.2 Å². The quantitative estimate of drug-likeness (QED) is 0.519. The van der Waals surface area contributed by atoms with Crippen LogP contribution in [0.25, 0.3) is 0 Å². The topological polar surface area (TPSA) is 114 Å². The molecule has 3 fully saturated rings. The zero-order valence-electron chi connectivity index (χ0n) is 14.9. The smallest absolute Gasteiger partial charge is 0.233 e. The summed E-state index contributed by atoms with van der Waals surface area (Å²) in [7, 11) is 0. The normalized spacial score (nSPS) is 34.1. The van der Waals surface area contributed by atoms with Gasteiger partial charge in [0.2, 0.25) is 5.91 Å². The number of alkyl halides is 1. The van der Waals surface area contributed by atoms with Crippen LogP contribution in [0.2, 0.25) is 0 Å². The maximum absolute atomic E-state index is 13.0. The van der Waals surface area contributed by atoms with Crippen LogP contribution in [-0.4, -0.2) is 66.0 Å². The molecule has 0 aromatic carbocycles. The van der Waals surface area contributed by atoms with Gasteiger partial charge in [-0.05, 0) is 12.8 Å². The Balaban J connectivity index is 1.45. The summed E-state index contributed by atoms with van der Waals surface area (Å²) < 4.78 is 11.5. The van der Waals surface area contributed by atoms with Crippen molar-refractivity contribution in [1.82, 2.24) is 20.7 Å². The number of nitrogens with one attached hydrogen (secondary N) is 3. The van der Waals surface area contributed by atoms with E-state index >= 15 is 0 Å². The van der Waals surface area contributed by atoms with Crippen molar-refractivity contribution in [2.24, 2.45) is 11.7 Å². The molecule has 27 heavy (non-hydrogen) atoms. The van der Waals surface area contributed by atoms with Crippen LogP contribution in [0.4, 0.5) is 5.69 Å². The summed E-state index contributed by atoms with van der Waals surface area (Å²) in [5.41, 5.74) is 9.82. The minimum atomic E-state index is -0.503. The van der Waals surface area contributed by atoms with Crippen molar-refractivity contribution < 1.29 is 14.3 Å². The first-order valence-corrected chi connectivity index (χ1v) is 9.70. The summed E-state index contributed by atoms with van der Waals surface area (Å²) in [6.07, 6.45) is 4.38. The Labute approximate surface area is 162 Å². The summed E-state index contributed by atoms with van der Waals surface area (Å²) in [5, 5.41) is 8.09. The first-order chi connectivity index (χ1) is 13.1. The van der Waals surface area contributed by atoms with Gasteiger partial charge in [0.1, 0.15) is 17.5 Å². The van der Waals surface area contributed by atoms with E-state index in [1.54, 1.807) is 18.5 Å². The Morgan fingerprint density at radius 2 is 2.41 bits per heavy atom. The van der Waals surface area contributed by atoms with Crippen molar-refractivity contribution in [3.63, 3.8) is 0 Å². The molecule has 3 aliphatic rings. The van der Waals surface area contributed by atoms with E-state index in [4.69, 9.17) is 26.8 Å². The minimum absolute atomic E-state index is 0.0247. The van der Waals surface area contributed by atoms with Gasteiger partial charge in [0.15, 0.2) is 0 Å². The van der Waals surface area contributed by atoms with E-state index in [-0.39, 0.29) is 23.6 Å². The lowest BCUT2D eigenvalue weighted by atomic mass is 10.0. The van der Waals surface area contributed by atoms with Gasteiger partial charge in [0.05, 0.1) is 36.4 Å². The summed E-state index contributed by atoms with van der Waals surface area (Å²) in [4.78, 5) is 17.1. The number of hydrazine groups is 1. The lowest BCUT2D eigenvalue weighted by Gasteiger charge is -2.34. The minimum Gasteiger partial charge on any atom is -0.486 e. The molecule has 0 aliphatic carbocycles. The van der Waals surface area contributed by atoms with Gasteiger partial charge in [-0.2, -0.15) is 0 Å². The molecule has 0 spiro atoms. The third-order valence-electron chi connectivity index (χ3n) is 5.07. The second-order valence-corrected chi connectivity index (χ2v) is 7.72. The zero-order chi connectivity index (χ0) is 18.8. The highest BCUT2D eigenvalue weighted by molar-refractivity contribution is 6.21. The molecule has 4 rings (SSSR count). The van der Waals surface area contributed by atoms with Crippen LogP contribution in [-0.2, 0) is 9.53 Å². The van der Waals surface area contributed by atoms with Gasteiger partial charge in [0, 0.05) is 32.0 Å². The zero-order valence-corrected chi connectivity index (χ0v) is 15.7. The molecule has 1 amide bonds. The molecule has 5 unspecified atom stereocenters. The number of pyridine rings is 1. The number of rotatable bonds is 4. The van der Waals surface area contributed by atoms with E-state index in [1.807, 2.05) is 5.01 Å². The van der Waals surface area contributed by atoms with Crippen molar-refractivity contribution in [2.45, 2.75) is 36.7 Å². The molecule has 4 heterocycles. The first-order valence-electron chi connectivity index (χ1n) is 9.27. The molecule has 0 radical (unpaired) electrons. The van der Waals surface area contributed by atoms with Gasteiger partial charge in [-0.25, -0.2) is 10.4 Å². The monoisotopic (exact) mass is 396 g/mol. The molecular weight excluding hydrogens is 372 g/mol. The van der Waals surface area contributed by atoms with Crippen LogP contribution in [0.3, 0.4) is 0 Å². The Kier molecular flexibility index (Phi) is 5.76. The molecule has 1 aromatic rings. The molecule has 10 heteroatoms. The van der Waals surface area contributed by atoms with Crippen LogP contribution in [0.1, 0.15) is 12.8 Å². The first kappa shape index (κ1) is 18.9. The van der Waals surface area contributed by atoms with E-state index in [0.29, 0.717) is 31.1 Å². The van der Waals surface area contributed by atoms with Crippen LogP contribution < -0.4 is 26.5 Å². The third-order valence-corrected chi connectivity index (χ3v) is 5.37. The fourth-order valence-corrected chi connectivity index (χ4v) is 3.99. The predicted octanol–water partition coefficient (Wildman–Crippen LogP) is -0.164. The van der Waals surface area contributed by atoms with Crippen molar-refractivity contribution in [3.05, 3.63) is 18.5 Å². The number of hydrogen-bond acceptors (Lipinski definition) is 8. The number of amides is 1.